The first-order valence-electron chi connectivity index (χ1n) is 10.3. The first-order chi connectivity index (χ1) is 15.5. The maximum absolute atomic E-state index is 13.3. The summed E-state index contributed by atoms with van der Waals surface area (Å²) in [6.07, 6.45) is 0.902. The quantitative estimate of drug-likeness (QED) is 0.370. The third-order valence-electron chi connectivity index (χ3n) is 5.65. The number of aryl methyl sites for hydroxylation is 2. The Hall–Kier alpha value is -3.29. The van der Waals surface area contributed by atoms with E-state index in [1.54, 1.807) is 17.5 Å². The molecule has 1 N–H and O–H groups in total. The number of hydrogen-bond donors (Lipinski definition) is 1. The van der Waals surface area contributed by atoms with Crippen molar-refractivity contribution in [1.29, 1.82) is 0 Å². The van der Waals surface area contributed by atoms with Crippen molar-refractivity contribution in [2.45, 2.75) is 26.3 Å². The lowest BCUT2D eigenvalue weighted by molar-refractivity contribution is -0.117. The van der Waals surface area contributed by atoms with Crippen LogP contribution in [0.15, 0.2) is 71.3 Å². The van der Waals surface area contributed by atoms with Crippen LogP contribution in [-0.4, -0.2) is 21.8 Å². The van der Waals surface area contributed by atoms with Gasteiger partial charge in [-0.2, -0.15) is 0 Å². The second kappa shape index (κ2) is 8.00. The molecule has 5 rings (SSSR count). The van der Waals surface area contributed by atoms with E-state index in [0.717, 1.165) is 27.8 Å². The molecule has 3 heterocycles. The molecule has 1 amide bonds. The smallest absolute Gasteiger partial charge is 0.296 e. The van der Waals surface area contributed by atoms with Gasteiger partial charge in [0.1, 0.15) is 0 Å². The molecule has 1 aliphatic heterocycles. The number of nitrogens with zero attached hydrogens (tertiary/aromatic N) is 2. The lowest BCUT2D eigenvalue weighted by Gasteiger charge is -2.24. The number of anilines is 1. The number of carbonyl (C=O) groups excluding carboxylic acids is 2. The zero-order valence-corrected chi connectivity index (χ0v) is 19.2. The van der Waals surface area contributed by atoms with E-state index in [4.69, 9.17) is 0 Å². The molecule has 0 saturated carbocycles. The van der Waals surface area contributed by atoms with Gasteiger partial charge in [-0.25, -0.2) is 4.98 Å². The number of rotatable bonds is 5. The third kappa shape index (κ3) is 3.34. The minimum atomic E-state index is -0.746. The molecule has 2 aromatic heterocycles. The number of carbonyl (C=O) groups is 2. The molecule has 5 nitrogen and oxygen atoms in total. The van der Waals surface area contributed by atoms with Crippen molar-refractivity contribution in [3.8, 4) is 0 Å². The van der Waals surface area contributed by atoms with Gasteiger partial charge in [-0.3, -0.25) is 14.5 Å². The fraction of sp³-hybridized carbons (Fsp3) is 0.160. The molecule has 0 bridgehead atoms. The molecule has 2 aromatic carbocycles. The van der Waals surface area contributed by atoms with E-state index in [1.165, 1.54) is 33.1 Å². The standard InChI is InChI=1S/C25H20N2O3S2/c1-3-15-8-11-17-19(13-15)32-25(26-17)27-21(16-9-6-14(2)7-10-16)20(23(29)24(27)30)22(28)18-5-4-12-31-18/h4-13,21,29H,3H2,1-2H3. The van der Waals surface area contributed by atoms with Gasteiger partial charge in [-0.15, -0.1) is 11.3 Å². The zero-order chi connectivity index (χ0) is 22.4. The number of hydrogen-bond acceptors (Lipinski definition) is 6. The Labute approximate surface area is 193 Å². The van der Waals surface area contributed by atoms with E-state index >= 15 is 0 Å². The summed E-state index contributed by atoms with van der Waals surface area (Å²) in [5.74, 6) is -1.46. The number of aliphatic hydroxyl groups excluding tert-OH is 1. The highest BCUT2D eigenvalue weighted by Gasteiger charge is 2.46. The Balaban J connectivity index is 1.67. The molecule has 160 valence electrons. The maximum Gasteiger partial charge on any atom is 0.296 e. The van der Waals surface area contributed by atoms with Gasteiger partial charge >= 0.3 is 0 Å². The minimum Gasteiger partial charge on any atom is -0.503 e. The lowest BCUT2D eigenvalue weighted by atomic mass is 9.95. The van der Waals surface area contributed by atoms with Crippen molar-refractivity contribution >= 4 is 49.7 Å². The zero-order valence-electron chi connectivity index (χ0n) is 17.5. The first kappa shape index (κ1) is 20.6. The van der Waals surface area contributed by atoms with Crippen LogP contribution in [0.4, 0.5) is 5.13 Å². The molecule has 0 fully saturated rings. The monoisotopic (exact) mass is 460 g/mol. The molecule has 0 radical (unpaired) electrons. The average Bonchev–Trinajstić information content (AvgIpc) is 3.52. The van der Waals surface area contributed by atoms with Gasteiger partial charge in [0.2, 0.25) is 5.78 Å². The van der Waals surface area contributed by atoms with Crippen molar-refractivity contribution < 1.29 is 14.7 Å². The SMILES string of the molecule is CCc1ccc2nc(N3C(=O)C(O)=C(C(=O)c4cccs4)C3c3ccc(C)cc3)sc2c1. The highest BCUT2D eigenvalue weighted by Crippen LogP contribution is 2.44. The minimum absolute atomic E-state index is 0.0924. The summed E-state index contributed by atoms with van der Waals surface area (Å²) in [5.41, 5.74) is 3.88. The highest BCUT2D eigenvalue weighted by molar-refractivity contribution is 7.22. The molecule has 7 heteroatoms. The van der Waals surface area contributed by atoms with E-state index in [2.05, 4.69) is 18.0 Å². The average molecular weight is 461 g/mol. The molecule has 0 saturated heterocycles. The number of thiazole rings is 1. The van der Waals surface area contributed by atoms with Crippen molar-refractivity contribution in [2.24, 2.45) is 0 Å². The number of fused-ring (bicyclic) bond motifs is 1. The van der Waals surface area contributed by atoms with E-state index in [1.807, 2.05) is 43.3 Å². The van der Waals surface area contributed by atoms with Crippen LogP contribution < -0.4 is 4.90 Å². The van der Waals surface area contributed by atoms with Gasteiger partial charge in [-0.05, 0) is 48.1 Å². The Morgan fingerprint density at radius 1 is 1.16 bits per heavy atom. The van der Waals surface area contributed by atoms with Gasteiger partial charge in [-0.1, -0.05) is 60.2 Å². The third-order valence-corrected chi connectivity index (χ3v) is 7.53. The predicted molar refractivity (Wildman–Crippen MR) is 129 cm³/mol. The van der Waals surface area contributed by atoms with Crippen LogP contribution in [0.3, 0.4) is 0 Å². The van der Waals surface area contributed by atoms with Crippen molar-refractivity contribution in [2.75, 3.05) is 4.90 Å². The van der Waals surface area contributed by atoms with E-state index < -0.39 is 17.7 Å². The Morgan fingerprint density at radius 2 is 1.94 bits per heavy atom. The summed E-state index contributed by atoms with van der Waals surface area (Å²) in [5, 5.41) is 13.1. The molecule has 1 unspecified atom stereocenters. The molecule has 0 spiro atoms. The molecular formula is C25H20N2O3S2. The second-order valence-corrected chi connectivity index (χ2v) is 9.67. The van der Waals surface area contributed by atoms with E-state index in [9.17, 15) is 14.7 Å². The predicted octanol–water partition coefficient (Wildman–Crippen LogP) is 6.01. The van der Waals surface area contributed by atoms with Gasteiger partial charge in [0, 0.05) is 0 Å². The van der Waals surface area contributed by atoms with Crippen LogP contribution in [-0.2, 0) is 11.2 Å². The summed E-state index contributed by atoms with van der Waals surface area (Å²) >= 11 is 2.68. The lowest BCUT2D eigenvalue weighted by Crippen LogP contribution is -2.30. The maximum atomic E-state index is 13.3. The topological polar surface area (TPSA) is 70.5 Å². The number of aliphatic hydroxyl groups is 1. The fourth-order valence-electron chi connectivity index (χ4n) is 3.92. The molecule has 32 heavy (non-hydrogen) atoms. The van der Waals surface area contributed by atoms with Gasteiger partial charge in [0.25, 0.3) is 5.91 Å². The Morgan fingerprint density at radius 3 is 2.62 bits per heavy atom. The number of thiophene rings is 1. The van der Waals surface area contributed by atoms with Crippen LogP contribution in [0.2, 0.25) is 0 Å². The molecule has 0 aliphatic carbocycles. The number of benzene rings is 2. The van der Waals surface area contributed by atoms with Crippen LogP contribution in [0.1, 0.15) is 39.3 Å². The summed E-state index contributed by atoms with van der Waals surface area (Å²) in [6, 6.07) is 16.4. The molecule has 4 aromatic rings. The van der Waals surface area contributed by atoms with Gasteiger partial charge < -0.3 is 5.11 Å². The Kier molecular flexibility index (Phi) is 5.15. The largest absolute Gasteiger partial charge is 0.503 e. The molecular weight excluding hydrogens is 440 g/mol. The second-order valence-electron chi connectivity index (χ2n) is 7.71. The van der Waals surface area contributed by atoms with Crippen LogP contribution in [0.5, 0.6) is 0 Å². The summed E-state index contributed by atoms with van der Waals surface area (Å²) in [6.45, 7) is 4.07. The summed E-state index contributed by atoms with van der Waals surface area (Å²) < 4.78 is 0.965. The van der Waals surface area contributed by atoms with E-state index in [-0.39, 0.29) is 11.4 Å². The van der Waals surface area contributed by atoms with Crippen molar-refractivity contribution in [1.82, 2.24) is 4.98 Å². The molecule has 1 aliphatic rings. The number of Topliss-reactive ketones (excluding diaryl/α,β-unsaturated/α-hetero) is 1. The number of amides is 1. The van der Waals surface area contributed by atoms with Crippen molar-refractivity contribution in [3.63, 3.8) is 0 Å². The summed E-state index contributed by atoms with van der Waals surface area (Å²) in [4.78, 5) is 33.2. The van der Waals surface area contributed by atoms with Crippen LogP contribution in [0, 0.1) is 6.92 Å². The van der Waals surface area contributed by atoms with Crippen LogP contribution >= 0.6 is 22.7 Å². The summed E-state index contributed by atoms with van der Waals surface area (Å²) in [7, 11) is 0. The highest BCUT2D eigenvalue weighted by atomic mass is 32.1. The Bertz CT molecular complexity index is 1370. The van der Waals surface area contributed by atoms with E-state index in [0.29, 0.717) is 10.0 Å². The fourth-order valence-corrected chi connectivity index (χ4v) is 5.65. The van der Waals surface area contributed by atoms with Crippen molar-refractivity contribution in [3.05, 3.63) is 92.9 Å². The van der Waals surface area contributed by atoms with Gasteiger partial charge in [0.05, 0.1) is 26.7 Å². The number of aromatic nitrogens is 1. The molecule has 1 atom stereocenters. The first-order valence-corrected chi connectivity index (χ1v) is 12.0. The van der Waals surface area contributed by atoms with Gasteiger partial charge in [0.15, 0.2) is 10.9 Å². The number of ketones is 1. The van der Waals surface area contributed by atoms with Crippen LogP contribution in [0.25, 0.3) is 10.2 Å². The normalized spacial score (nSPS) is 16.4.